The Morgan fingerprint density at radius 2 is 2.19 bits per heavy atom. The zero-order valence-electron chi connectivity index (χ0n) is 8.97. The number of benzene rings is 1. The summed E-state index contributed by atoms with van der Waals surface area (Å²) >= 11 is 9.49. The molecule has 0 aliphatic heterocycles. The molecule has 0 atom stereocenters. The molecule has 0 bridgehead atoms. The molecule has 0 spiro atoms. The van der Waals surface area contributed by atoms with Gasteiger partial charge in [0.25, 0.3) is 0 Å². The van der Waals surface area contributed by atoms with Crippen LogP contribution in [-0.2, 0) is 6.54 Å². The summed E-state index contributed by atoms with van der Waals surface area (Å²) in [5.41, 5.74) is 1.25. The first-order valence-corrected chi connectivity index (χ1v) is 6.58. The van der Waals surface area contributed by atoms with Crippen LogP contribution in [0.2, 0.25) is 5.02 Å². The van der Waals surface area contributed by atoms with E-state index in [0.717, 1.165) is 41.0 Å². The summed E-state index contributed by atoms with van der Waals surface area (Å²) in [6, 6.07) is 5.90. The molecule has 0 saturated heterocycles. The minimum absolute atomic E-state index is 0.155. The topological polar surface area (TPSA) is 32.3 Å². The summed E-state index contributed by atoms with van der Waals surface area (Å²) < 4.78 is 0.996. The van der Waals surface area contributed by atoms with Crippen molar-refractivity contribution in [3.05, 3.63) is 33.3 Å². The summed E-state index contributed by atoms with van der Waals surface area (Å²) in [6.45, 7) is 1.91. The normalized spacial score (nSPS) is 17.4. The Morgan fingerprint density at radius 1 is 1.44 bits per heavy atom. The van der Waals surface area contributed by atoms with Crippen molar-refractivity contribution in [3.63, 3.8) is 0 Å². The molecule has 2 N–H and O–H groups in total. The van der Waals surface area contributed by atoms with Gasteiger partial charge >= 0.3 is 0 Å². The van der Waals surface area contributed by atoms with Crippen molar-refractivity contribution in [2.75, 3.05) is 13.2 Å². The third kappa shape index (κ3) is 2.98. The molecule has 1 fully saturated rings. The molecule has 0 amide bonds. The van der Waals surface area contributed by atoms with Gasteiger partial charge in [-0.05, 0) is 30.5 Å². The van der Waals surface area contributed by atoms with Crippen molar-refractivity contribution in [2.24, 2.45) is 5.41 Å². The van der Waals surface area contributed by atoms with Gasteiger partial charge in [-0.3, -0.25) is 0 Å². The number of aliphatic hydroxyl groups is 1. The van der Waals surface area contributed by atoms with Crippen molar-refractivity contribution in [1.82, 2.24) is 5.32 Å². The smallest absolute Gasteiger partial charge is 0.0499 e. The van der Waals surface area contributed by atoms with Crippen LogP contribution >= 0.6 is 27.5 Å². The van der Waals surface area contributed by atoms with Crippen molar-refractivity contribution in [3.8, 4) is 0 Å². The molecule has 1 aromatic carbocycles. The number of aliphatic hydroxyl groups excluding tert-OH is 1. The first-order valence-electron chi connectivity index (χ1n) is 5.41. The fourth-order valence-electron chi connectivity index (χ4n) is 1.69. The van der Waals surface area contributed by atoms with Crippen molar-refractivity contribution >= 4 is 27.5 Å². The zero-order chi connectivity index (χ0) is 11.6. The van der Waals surface area contributed by atoms with Gasteiger partial charge in [0.2, 0.25) is 0 Å². The van der Waals surface area contributed by atoms with Gasteiger partial charge in [-0.1, -0.05) is 33.6 Å². The van der Waals surface area contributed by atoms with E-state index < -0.39 is 0 Å². The predicted octanol–water partition coefficient (Wildman–Crippen LogP) is 2.96. The van der Waals surface area contributed by atoms with E-state index in [1.165, 1.54) is 0 Å². The van der Waals surface area contributed by atoms with Gasteiger partial charge in [-0.15, -0.1) is 0 Å². The summed E-state index contributed by atoms with van der Waals surface area (Å²) in [6.07, 6.45) is 2.26. The fraction of sp³-hybridized carbons (Fsp3) is 0.500. The summed E-state index contributed by atoms with van der Waals surface area (Å²) in [7, 11) is 0. The minimum Gasteiger partial charge on any atom is -0.396 e. The molecule has 2 nitrogen and oxygen atoms in total. The quantitative estimate of drug-likeness (QED) is 0.876. The average Bonchev–Trinajstić information content (AvgIpc) is 3.02. The Kier molecular flexibility index (Phi) is 3.90. The van der Waals surface area contributed by atoms with Crippen LogP contribution in [0, 0.1) is 5.41 Å². The second kappa shape index (κ2) is 5.05. The monoisotopic (exact) mass is 303 g/mol. The van der Waals surface area contributed by atoms with Gasteiger partial charge in [0.05, 0.1) is 0 Å². The van der Waals surface area contributed by atoms with E-state index in [1.807, 2.05) is 18.2 Å². The maximum atomic E-state index is 9.17. The second-order valence-electron chi connectivity index (χ2n) is 4.50. The summed E-state index contributed by atoms with van der Waals surface area (Å²) in [5, 5.41) is 13.3. The lowest BCUT2D eigenvalue weighted by molar-refractivity contribution is 0.207. The van der Waals surface area contributed by atoms with Crippen LogP contribution in [0.15, 0.2) is 22.7 Å². The van der Waals surface area contributed by atoms with Crippen LogP contribution in [0.4, 0.5) is 0 Å². The molecule has 1 aliphatic rings. The molecular formula is C12H15BrClNO. The third-order valence-electron chi connectivity index (χ3n) is 3.12. The van der Waals surface area contributed by atoms with Gasteiger partial charge in [-0.25, -0.2) is 0 Å². The maximum Gasteiger partial charge on any atom is 0.0499 e. The lowest BCUT2D eigenvalue weighted by Gasteiger charge is -2.13. The number of hydrogen-bond acceptors (Lipinski definition) is 2. The van der Waals surface area contributed by atoms with Gasteiger partial charge in [0, 0.05) is 34.6 Å². The first kappa shape index (κ1) is 12.4. The van der Waals surface area contributed by atoms with Crippen LogP contribution in [0.5, 0.6) is 0 Å². The van der Waals surface area contributed by atoms with Crippen molar-refractivity contribution in [2.45, 2.75) is 19.4 Å². The van der Waals surface area contributed by atoms with E-state index in [0.29, 0.717) is 0 Å². The number of hydrogen-bond donors (Lipinski definition) is 2. The van der Waals surface area contributed by atoms with Crippen molar-refractivity contribution in [1.29, 1.82) is 0 Å². The van der Waals surface area contributed by atoms with E-state index in [1.54, 1.807) is 0 Å². The van der Waals surface area contributed by atoms with Crippen LogP contribution in [0.1, 0.15) is 18.4 Å². The van der Waals surface area contributed by atoms with Crippen LogP contribution in [0.25, 0.3) is 0 Å². The minimum atomic E-state index is 0.155. The highest BCUT2D eigenvalue weighted by Crippen LogP contribution is 2.44. The Hall–Kier alpha value is -0.0900. The highest BCUT2D eigenvalue weighted by atomic mass is 79.9. The molecule has 4 heteroatoms. The molecule has 0 radical (unpaired) electrons. The van der Waals surface area contributed by atoms with Gasteiger partial charge in [0.15, 0.2) is 0 Å². The summed E-state index contributed by atoms with van der Waals surface area (Å²) in [5.74, 6) is 0. The molecule has 1 saturated carbocycles. The molecule has 88 valence electrons. The Morgan fingerprint density at radius 3 is 2.75 bits per heavy atom. The molecular weight excluding hydrogens is 289 g/mol. The molecule has 0 heterocycles. The van der Waals surface area contributed by atoms with E-state index in [9.17, 15) is 5.11 Å². The molecule has 0 unspecified atom stereocenters. The lowest BCUT2D eigenvalue weighted by Crippen LogP contribution is -2.26. The Balaban J connectivity index is 1.85. The Bertz CT molecular complexity index is 379. The zero-order valence-corrected chi connectivity index (χ0v) is 11.3. The van der Waals surface area contributed by atoms with E-state index >= 15 is 0 Å². The first-order chi connectivity index (χ1) is 7.65. The van der Waals surface area contributed by atoms with Crippen molar-refractivity contribution < 1.29 is 5.11 Å². The van der Waals surface area contributed by atoms with Crippen LogP contribution in [-0.4, -0.2) is 18.3 Å². The largest absolute Gasteiger partial charge is 0.396 e. The van der Waals surface area contributed by atoms with Gasteiger partial charge < -0.3 is 10.4 Å². The summed E-state index contributed by atoms with van der Waals surface area (Å²) in [4.78, 5) is 0. The average molecular weight is 305 g/mol. The third-order valence-corrected chi connectivity index (χ3v) is 3.97. The lowest BCUT2D eigenvalue weighted by atomic mass is 10.1. The van der Waals surface area contributed by atoms with Gasteiger partial charge in [0.1, 0.15) is 0 Å². The number of nitrogens with one attached hydrogen (secondary N) is 1. The van der Waals surface area contributed by atoms with E-state index in [-0.39, 0.29) is 12.0 Å². The van der Waals surface area contributed by atoms with Crippen LogP contribution < -0.4 is 5.32 Å². The highest BCUT2D eigenvalue weighted by molar-refractivity contribution is 9.10. The second-order valence-corrected chi connectivity index (χ2v) is 5.82. The molecule has 16 heavy (non-hydrogen) atoms. The predicted molar refractivity (Wildman–Crippen MR) is 69.6 cm³/mol. The number of halogens is 2. The fourth-order valence-corrected chi connectivity index (χ4v) is 2.44. The van der Waals surface area contributed by atoms with Crippen LogP contribution in [0.3, 0.4) is 0 Å². The SMILES string of the molecule is OCC1(CNCc2ccc(Br)cc2Cl)CC1. The van der Waals surface area contributed by atoms with E-state index in [2.05, 4.69) is 21.2 Å². The van der Waals surface area contributed by atoms with Gasteiger partial charge in [-0.2, -0.15) is 0 Å². The number of rotatable bonds is 5. The maximum absolute atomic E-state index is 9.17. The highest BCUT2D eigenvalue weighted by Gasteiger charge is 2.41. The molecule has 0 aromatic heterocycles. The Labute approximate surface area is 109 Å². The molecule has 2 rings (SSSR count). The standard InChI is InChI=1S/C12H15BrClNO/c13-10-2-1-9(11(14)5-10)6-15-7-12(8-16)3-4-12/h1-2,5,15-16H,3-4,6-8H2. The molecule has 1 aliphatic carbocycles. The van der Waals surface area contributed by atoms with E-state index in [4.69, 9.17) is 11.6 Å². The molecule has 1 aromatic rings.